The van der Waals surface area contributed by atoms with Gasteiger partial charge in [0.25, 0.3) is 0 Å². The van der Waals surface area contributed by atoms with E-state index in [1.165, 1.54) is 41.5 Å². The zero-order valence-electron chi connectivity index (χ0n) is 21.0. The van der Waals surface area contributed by atoms with Gasteiger partial charge in [-0.1, -0.05) is 24.1 Å². The molecule has 2 aromatic rings. The summed E-state index contributed by atoms with van der Waals surface area (Å²) in [6, 6.07) is 6.60. The zero-order valence-corrected chi connectivity index (χ0v) is 21.0. The first kappa shape index (κ1) is 22.3. The second kappa shape index (κ2) is 9.11. The molecular weight excluding hydrogens is 436 g/mol. The molecule has 1 saturated carbocycles. The third-order valence-electron chi connectivity index (χ3n) is 7.78. The Morgan fingerprint density at radius 3 is 2.63 bits per heavy atom. The van der Waals surface area contributed by atoms with Crippen LogP contribution in [0.5, 0.6) is 11.8 Å². The summed E-state index contributed by atoms with van der Waals surface area (Å²) in [7, 11) is 2.16. The van der Waals surface area contributed by atoms with Crippen LogP contribution >= 0.6 is 0 Å². The molecule has 0 amide bonds. The van der Waals surface area contributed by atoms with Gasteiger partial charge >= 0.3 is 6.01 Å². The molecule has 1 N–H and O–H groups in total. The Balaban J connectivity index is 1.29. The molecule has 35 heavy (non-hydrogen) atoms. The predicted octanol–water partition coefficient (Wildman–Crippen LogP) is 4.84. The maximum atomic E-state index is 6.33. The van der Waals surface area contributed by atoms with Gasteiger partial charge < -0.3 is 19.9 Å². The van der Waals surface area contributed by atoms with Gasteiger partial charge in [-0.3, -0.25) is 4.99 Å². The number of hydrogen-bond acceptors (Lipinski definition) is 7. The van der Waals surface area contributed by atoms with Gasteiger partial charge in [0.05, 0.1) is 6.54 Å². The van der Waals surface area contributed by atoms with Crippen LogP contribution in [0.2, 0.25) is 0 Å². The van der Waals surface area contributed by atoms with E-state index < -0.39 is 0 Å². The molecule has 1 aromatic heterocycles. The summed E-state index contributed by atoms with van der Waals surface area (Å²) in [4.78, 5) is 19.0. The number of rotatable bonds is 5. The largest absolute Gasteiger partial charge is 0.424 e. The van der Waals surface area contributed by atoms with Crippen LogP contribution in [0.4, 0.5) is 11.6 Å². The number of hydrogen-bond donors (Lipinski definition) is 1. The van der Waals surface area contributed by atoms with Crippen LogP contribution in [0, 0.1) is 12.8 Å². The predicted molar refractivity (Wildman–Crippen MR) is 142 cm³/mol. The van der Waals surface area contributed by atoms with Crippen LogP contribution in [0.25, 0.3) is 6.08 Å². The summed E-state index contributed by atoms with van der Waals surface area (Å²) >= 11 is 0. The standard InChI is InChI=1S/C28H34N6O/c1-18-13-21-7-8-24(19(2)23(21)14-18)35-28-31-26(16-27(32-28)34-11-9-33(3)10-12-34)30-25-15-22(17-29-25)20-5-4-6-20/h7-8,14-16,20H,4-6,9-13,17H2,1-3H3,(H,29,30,31,32). The van der Waals surface area contributed by atoms with Gasteiger partial charge in [-0.25, -0.2) is 0 Å². The lowest BCUT2D eigenvalue weighted by Crippen LogP contribution is -2.44. The molecule has 1 aromatic carbocycles. The number of ether oxygens (including phenoxy) is 1. The normalized spacial score (nSPS) is 20.2. The number of fused-ring (bicyclic) bond motifs is 1. The number of allylic oxidation sites excluding steroid dienone is 1. The van der Waals surface area contributed by atoms with Gasteiger partial charge in [-0.15, -0.1) is 0 Å². The summed E-state index contributed by atoms with van der Waals surface area (Å²) in [5.74, 6) is 4.02. The van der Waals surface area contributed by atoms with Crippen molar-refractivity contribution in [3.8, 4) is 11.8 Å². The highest BCUT2D eigenvalue weighted by Crippen LogP contribution is 2.36. The SMILES string of the molecule is CC1=Cc2c(ccc(Oc3nc(NC4=NCC(C5CCC5)=C4)cc(N4CCN(C)CC4)n3)c2C)C1. The van der Waals surface area contributed by atoms with E-state index in [0.29, 0.717) is 11.9 Å². The van der Waals surface area contributed by atoms with Crippen molar-refractivity contribution in [1.29, 1.82) is 0 Å². The molecule has 2 fully saturated rings. The molecule has 2 aliphatic heterocycles. The van der Waals surface area contributed by atoms with Crippen molar-refractivity contribution in [1.82, 2.24) is 14.9 Å². The van der Waals surface area contributed by atoms with Gasteiger partial charge in [0.15, 0.2) is 0 Å². The Morgan fingerprint density at radius 1 is 1.03 bits per heavy atom. The van der Waals surface area contributed by atoms with E-state index in [1.54, 1.807) is 0 Å². The Kier molecular flexibility index (Phi) is 5.80. The van der Waals surface area contributed by atoms with Crippen molar-refractivity contribution in [3.63, 3.8) is 0 Å². The number of likely N-dealkylation sites (N-methyl/N-ethyl adjacent to an activating group) is 1. The molecule has 0 bridgehead atoms. The van der Waals surface area contributed by atoms with Gasteiger partial charge in [0.1, 0.15) is 23.2 Å². The summed E-state index contributed by atoms with van der Waals surface area (Å²) in [5.41, 5.74) is 6.58. The molecule has 7 nitrogen and oxygen atoms in total. The van der Waals surface area contributed by atoms with Crippen molar-refractivity contribution >= 4 is 23.5 Å². The average Bonchev–Trinajstić information content (AvgIpc) is 3.41. The average molecular weight is 471 g/mol. The third kappa shape index (κ3) is 4.57. The number of piperazine rings is 1. The number of aromatic nitrogens is 2. The van der Waals surface area contributed by atoms with Gasteiger partial charge in [0, 0.05) is 32.2 Å². The Labute approximate surface area is 207 Å². The number of benzene rings is 1. The number of nitrogens with one attached hydrogen (secondary N) is 1. The highest BCUT2D eigenvalue weighted by molar-refractivity contribution is 6.05. The van der Waals surface area contributed by atoms with Crippen LogP contribution in [-0.2, 0) is 6.42 Å². The van der Waals surface area contributed by atoms with Gasteiger partial charge in [-0.2, -0.15) is 9.97 Å². The molecule has 0 radical (unpaired) electrons. The Morgan fingerprint density at radius 2 is 1.86 bits per heavy atom. The van der Waals surface area contributed by atoms with Crippen molar-refractivity contribution < 1.29 is 4.74 Å². The molecule has 4 aliphatic rings. The lowest BCUT2D eigenvalue weighted by Gasteiger charge is -2.33. The minimum atomic E-state index is 0.368. The molecule has 2 aliphatic carbocycles. The maximum absolute atomic E-state index is 6.33. The maximum Gasteiger partial charge on any atom is 0.325 e. The number of anilines is 2. The zero-order chi connectivity index (χ0) is 23.9. The van der Waals surface area contributed by atoms with Crippen molar-refractivity contribution in [2.45, 2.75) is 39.5 Å². The van der Waals surface area contributed by atoms with Crippen molar-refractivity contribution in [3.05, 3.63) is 52.1 Å². The first-order valence-electron chi connectivity index (χ1n) is 12.8. The molecule has 3 heterocycles. The summed E-state index contributed by atoms with van der Waals surface area (Å²) in [5, 5.41) is 3.45. The van der Waals surface area contributed by atoms with E-state index in [4.69, 9.17) is 19.7 Å². The van der Waals surface area contributed by atoms with Crippen LogP contribution < -0.4 is 15.0 Å². The second-order valence-corrected chi connectivity index (χ2v) is 10.4. The van der Waals surface area contributed by atoms with E-state index in [1.807, 2.05) is 12.1 Å². The smallest absolute Gasteiger partial charge is 0.325 e. The van der Waals surface area contributed by atoms with Crippen molar-refractivity contribution in [2.75, 3.05) is 50.0 Å². The van der Waals surface area contributed by atoms with E-state index in [2.05, 4.69) is 54.2 Å². The van der Waals surface area contributed by atoms with Gasteiger partial charge in [-0.05, 0) is 80.5 Å². The van der Waals surface area contributed by atoms with E-state index in [9.17, 15) is 0 Å². The number of amidine groups is 1. The van der Waals surface area contributed by atoms with Gasteiger partial charge in [0.2, 0.25) is 0 Å². The van der Waals surface area contributed by atoms with Crippen LogP contribution in [-0.4, -0.2) is 60.5 Å². The highest BCUT2D eigenvalue weighted by atomic mass is 16.5. The minimum Gasteiger partial charge on any atom is -0.424 e. The second-order valence-electron chi connectivity index (χ2n) is 10.4. The number of aliphatic imine (C=N–C) groups is 1. The molecule has 0 spiro atoms. The molecule has 1 saturated heterocycles. The molecule has 0 atom stereocenters. The number of nitrogens with zero attached hydrogens (tertiary/aromatic N) is 5. The first-order valence-corrected chi connectivity index (χ1v) is 12.8. The monoisotopic (exact) mass is 470 g/mol. The first-order chi connectivity index (χ1) is 17.0. The Bertz CT molecular complexity index is 1230. The fraction of sp³-hybridized carbons (Fsp3) is 0.464. The highest BCUT2D eigenvalue weighted by Gasteiger charge is 2.25. The fourth-order valence-electron chi connectivity index (χ4n) is 5.32. The van der Waals surface area contributed by atoms with Crippen LogP contribution in [0.3, 0.4) is 0 Å². The van der Waals surface area contributed by atoms with Crippen molar-refractivity contribution in [2.24, 2.45) is 10.9 Å². The van der Waals surface area contributed by atoms with Crippen LogP contribution in [0.1, 0.15) is 42.9 Å². The Hall–Kier alpha value is -3.19. The molecule has 6 rings (SSSR count). The van der Waals surface area contributed by atoms with Crippen LogP contribution in [0.15, 0.2) is 40.4 Å². The molecule has 0 unspecified atom stereocenters. The minimum absolute atomic E-state index is 0.368. The fourth-order valence-corrected chi connectivity index (χ4v) is 5.32. The third-order valence-corrected chi connectivity index (χ3v) is 7.78. The lowest BCUT2D eigenvalue weighted by atomic mass is 9.80. The summed E-state index contributed by atoms with van der Waals surface area (Å²) in [6.07, 6.45) is 9.41. The lowest BCUT2D eigenvalue weighted by molar-refractivity contribution is 0.311. The topological polar surface area (TPSA) is 65.9 Å². The summed E-state index contributed by atoms with van der Waals surface area (Å²) in [6.45, 7) is 8.98. The molecule has 182 valence electrons. The quantitative estimate of drug-likeness (QED) is 0.675. The van der Waals surface area contributed by atoms with E-state index >= 15 is 0 Å². The van der Waals surface area contributed by atoms with E-state index in [-0.39, 0.29) is 0 Å². The van der Waals surface area contributed by atoms with E-state index in [0.717, 1.165) is 67.9 Å². The summed E-state index contributed by atoms with van der Waals surface area (Å²) < 4.78 is 6.33. The molecule has 7 heteroatoms. The molecular formula is C28H34N6O.